The van der Waals surface area contributed by atoms with E-state index in [-0.39, 0.29) is 11.8 Å². The average Bonchev–Trinajstić information content (AvgIpc) is 3.23. The third-order valence-corrected chi connectivity index (χ3v) is 6.32. The lowest BCUT2D eigenvalue weighted by atomic mass is 9.92. The summed E-state index contributed by atoms with van der Waals surface area (Å²) in [5.41, 5.74) is 1.92. The van der Waals surface area contributed by atoms with E-state index in [4.69, 9.17) is 0 Å². The maximum Gasteiger partial charge on any atom is 0.253 e. The highest BCUT2D eigenvalue weighted by molar-refractivity contribution is 5.94. The van der Waals surface area contributed by atoms with E-state index in [1.807, 2.05) is 36.1 Å². The average molecular weight is 386 g/mol. The second-order valence-electron chi connectivity index (χ2n) is 8.54. The van der Waals surface area contributed by atoms with Gasteiger partial charge in [0.25, 0.3) is 5.91 Å². The maximum atomic E-state index is 12.6. The van der Waals surface area contributed by atoms with Crippen molar-refractivity contribution >= 4 is 11.8 Å². The molecule has 1 aromatic rings. The summed E-state index contributed by atoms with van der Waals surface area (Å²) >= 11 is 0. The Morgan fingerprint density at radius 1 is 1.07 bits per heavy atom. The monoisotopic (exact) mass is 385 g/mol. The Balaban J connectivity index is 1.33. The van der Waals surface area contributed by atoms with Crippen LogP contribution in [-0.4, -0.2) is 60.4 Å². The van der Waals surface area contributed by atoms with Crippen LogP contribution in [0.2, 0.25) is 0 Å². The zero-order chi connectivity index (χ0) is 19.9. The molecule has 0 radical (unpaired) electrons. The van der Waals surface area contributed by atoms with Crippen LogP contribution < -0.4 is 5.32 Å². The molecular formula is C23H35N3O2. The highest BCUT2D eigenvalue weighted by Gasteiger charge is 2.25. The Morgan fingerprint density at radius 2 is 1.71 bits per heavy atom. The van der Waals surface area contributed by atoms with Gasteiger partial charge in [0.1, 0.15) is 0 Å². The van der Waals surface area contributed by atoms with E-state index >= 15 is 0 Å². The lowest BCUT2D eigenvalue weighted by Crippen LogP contribution is -2.40. The van der Waals surface area contributed by atoms with Crippen LogP contribution in [0.5, 0.6) is 0 Å². The van der Waals surface area contributed by atoms with E-state index in [1.54, 1.807) is 0 Å². The molecule has 1 N–H and O–H groups in total. The van der Waals surface area contributed by atoms with Crippen molar-refractivity contribution in [3.63, 3.8) is 0 Å². The first-order valence-corrected chi connectivity index (χ1v) is 10.9. The number of carbonyl (C=O) groups excluding carboxylic acids is 2. The van der Waals surface area contributed by atoms with Crippen molar-refractivity contribution in [2.45, 2.75) is 58.4 Å². The van der Waals surface area contributed by atoms with Gasteiger partial charge in [-0.3, -0.25) is 9.59 Å². The van der Waals surface area contributed by atoms with Gasteiger partial charge in [-0.05, 0) is 77.1 Å². The van der Waals surface area contributed by atoms with Crippen LogP contribution in [0.3, 0.4) is 0 Å². The van der Waals surface area contributed by atoms with E-state index in [0.29, 0.717) is 18.4 Å². The van der Waals surface area contributed by atoms with Crippen molar-refractivity contribution in [3.8, 4) is 0 Å². The Labute approximate surface area is 169 Å². The molecule has 2 saturated heterocycles. The molecule has 0 spiro atoms. The normalized spacial score (nSPS) is 19.6. The maximum absolute atomic E-state index is 12.6. The molecule has 2 fully saturated rings. The number of nitrogens with zero attached hydrogens (tertiary/aromatic N) is 2. The molecule has 0 unspecified atom stereocenters. The molecule has 1 aromatic carbocycles. The minimum Gasteiger partial charge on any atom is -0.356 e. The minimum absolute atomic E-state index is 0.110. The largest absolute Gasteiger partial charge is 0.356 e. The molecule has 0 bridgehead atoms. The Kier molecular flexibility index (Phi) is 7.49. The Morgan fingerprint density at radius 3 is 2.36 bits per heavy atom. The summed E-state index contributed by atoms with van der Waals surface area (Å²) < 4.78 is 0. The molecule has 154 valence electrons. The van der Waals surface area contributed by atoms with Crippen LogP contribution in [-0.2, 0) is 4.79 Å². The number of piperidine rings is 1. The van der Waals surface area contributed by atoms with E-state index in [9.17, 15) is 9.59 Å². The van der Waals surface area contributed by atoms with Crippen LogP contribution in [0.4, 0.5) is 0 Å². The van der Waals surface area contributed by atoms with Gasteiger partial charge in [0.05, 0.1) is 0 Å². The standard InChI is InChI=1S/C23H35N3O2/c1-18-5-7-21(8-6-18)23(28)26-15-10-20(11-16-26)17-22(27)24-12-9-19(2)25-13-3-4-14-25/h5-8,19-20H,3-4,9-17H2,1-2H3,(H,24,27)/t19-/m0/s1. The van der Waals surface area contributed by atoms with Gasteiger partial charge in [0.2, 0.25) is 5.91 Å². The minimum atomic E-state index is 0.110. The number of hydrogen-bond donors (Lipinski definition) is 1. The summed E-state index contributed by atoms with van der Waals surface area (Å²) in [7, 11) is 0. The van der Waals surface area contributed by atoms with E-state index in [1.165, 1.54) is 25.9 Å². The first kappa shape index (κ1) is 20.8. The van der Waals surface area contributed by atoms with Gasteiger partial charge < -0.3 is 15.1 Å². The molecule has 2 aliphatic heterocycles. The molecule has 2 aliphatic rings. The van der Waals surface area contributed by atoms with Crippen molar-refractivity contribution in [1.82, 2.24) is 15.1 Å². The van der Waals surface area contributed by atoms with Crippen LogP contribution in [0.15, 0.2) is 24.3 Å². The number of carbonyl (C=O) groups is 2. The van der Waals surface area contributed by atoms with Gasteiger partial charge in [0.15, 0.2) is 0 Å². The third kappa shape index (κ3) is 5.81. The summed E-state index contributed by atoms with van der Waals surface area (Å²) in [4.78, 5) is 29.3. The lowest BCUT2D eigenvalue weighted by molar-refractivity contribution is -0.122. The summed E-state index contributed by atoms with van der Waals surface area (Å²) in [6, 6.07) is 8.32. The number of aryl methyl sites for hydroxylation is 1. The molecule has 0 aliphatic carbocycles. The molecular weight excluding hydrogens is 350 g/mol. The number of likely N-dealkylation sites (tertiary alicyclic amines) is 2. The summed E-state index contributed by atoms with van der Waals surface area (Å²) in [5, 5.41) is 3.10. The number of amides is 2. The quantitative estimate of drug-likeness (QED) is 0.784. The molecule has 2 amide bonds. The fraction of sp³-hybridized carbons (Fsp3) is 0.652. The number of hydrogen-bond acceptors (Lipinski definition) is 3. The van der Waals surface area contributed by atoms with Gasteiger partial charge in [-0.2, -0.15) is 0 Å². The Bertz CT molecular complexity index is 644. The molecule has 5 nitrogen and oxygen atoms in total. The van der Waals surface area contributed by atoms with Crippen molar-refractivity contribution in [1.29, 1.82) is 0 Å². The molecule has 2 heterocycles. The fourth-order valence-electron chi connectivity index (χ4n) is 4.34. The van der Waals surface area contributed by atoms with Gasteiger partial charge in [0, 0.05) is 37.7 Å². The zero-order valence-corrected chi connectivity index (χ0v) is 17.5. The first-order chi connectivity index (χ1) is 13.5. The summed E-state index contributed by atoms with van der Waals surface area (Å²) in [6.45, 7) is 8.95. The van der Waals surface area contributed by atoms with Crippen LogP contribution in [0.25, 0.3) is 0 Å². The van der Waals surface area contributed by atoms with Crippen molar-refractivity contribution in [2.75, 3.05) is 32.7 Å². The molecule has 3 rings (SSSR count). The predicted octanol–water partition coefficient (Wildman–Crippen LogP) is 3.23. The third-order valence-electron chi connectivity index (χ3n) is 6.32. The van der Waals surface area contributed by atoms with E-state index in [2.05, 4.69) is 17.1 Å². The molecule has 5 heteroatoms. The fourth-order valence-corrected chi connectivity index (χ4v) is 4.34. The summed E-state index contributed by atoms with van der Waals surface area (Å²) in [6.07, 6.45) is 6.05. The zero-order valence-electron chi connectivity index (χ0n) is 17.5. The van der Waals surface area contributed by atoms with Gasteiger partial charge in [-0.1, -0.05) is 17.7 Å². The van der Waals surface area contributed by atoms with Gasteiger partial charge in [-0.15, -0.1) is 0 Å². The predicted molar refractivity (Wildman–Crippen MR) is 112 cm³/mol. The lowest BCUT2D eigenvalue weighted by Gasteiger charge is -2.32. The second-order valence-corrected chi connectivity index (χ2v) is 8.54. The summed E-state index contributed by atoms with van der Waals surface area (Å²) in [5.74, 6) is 0.661. The SMILES string of the molecule is Cc1ccc(C(=O)N2CCC(CC(=O)NCC[C@H](C)N3CCCC3)CC2)cc1. The highest BCUT2D eigenvalue weighted by atomic mass is 16.2. The van der Waals surface area contributed by atoms with E-state index < -0.39 is 0 Å². The number of rotatable bonds is 7. The van der Waals surface area contributed by atoms with Crippen molar-refractivity contribution in [2.24, 2.45) is 5.92 Å². The van der Waals surface area contributed by atoms with Gasteiger partial charge >= 0.3 is 0 Å². The molecule has 0 saturated carbocycles. The van der Waals surface area contributed by atoms with Gasteiger partial charge in [-0.25, -0.2) is 0 Å². The van der Waals surface area contributed by atoms with E-state index in [0.717, 1.165) is 50.0 Å². The van der Waals surface area contributed by atoms with Crippen molar-refractivity contribution < 1.29 is 9.59 Å². The molecule has 1 atom stereocenters. The first-order valence-electron chi connectivity index (χ1n) is 10.9. The number of nitrogens with one attached hydrogen (secondary N) is 1. The second kappa shape index (κ2) is 10.1. The number of benzene rings is 1. The smallest absolute Gasteiger partial charge is 0.253 e. The van der Waals surface area contributed by atoms with Crippen molar-refractivity contribution in [3.05, 3.63) is 35.4 Å². The topological polar surface area (TPSA) is 52.7 Å². The van der Waals surface area contributed by atoms with Crippen LogP contribution in [0.1, 0.15) is 61.4 Å². The highest BCUT2D eigenvalue weighted by Crippen LogP contribution is 2.22. The molecule has 28 heavy (non-hydrogen) atoms. The Hall–Kier alpha value is -1.88. The van der Waals surface area contributed by atoms with Crippen LogP contribution >= 0.6 is 0 Å². The molecule has 0 aromatic heterocycles. The van der Waals surface area contributed by atoms with Crippen LogP contribution in [0, 0.1) is 12.8 Å².